The van der Waals surface area contributed by atoms with Crippen LogP contribution in [0.25, 0.3) is 0 Å². The summed E-state index contributed by atoms with van der Waals surface area (Å²) in [6, 6.07) is 7.98. The number of morpholine rings is 1. The highest BCUT2D eigenvalue weighted by Gasteiger charge is 2.33. The molecule has 18 heteroatoms. The third-order valence-electron chi connectivity index (χ3n) is 5.79. The van der Waals surface area contributed by atoms with E-state index in [1.165, 1.54) is 49.5 Å². The Bertz CT molecular complexity index is 1540. The first-order chi connectivity index (χ1) is 19.5. The van der Waals surface area contributed by atoms with Gasteiger partial charge >= 0.3 is 6.01 Å². The maximum absolute atomic E-state index is 12.9. The number of rotatable bonds is 10. The van der Waals surface area contributed by atoms with Crippen molar-refractivity contribution >= 4 is 44.5 Å². The second-order valence-corrected chi connectivity index (χ2v) is 10.0. The molecule has 1 aromatic heterocycles. The van der Waals surface area contributed by atoms with Gasteiger partial charge in [-0.1, -0.05) is 0 Å². The maximum Gasteiger partial charge on any atom is 0.321 e. The Kier molecular flexibility index (Phi) is 8.43. The van der Waals surface area contributed by atoms with Gasteiger partial charge in [-0.2, -0.15) is 9.97 Å². The molecule has 1 amide bonds. The molecule has 17 nitrogen and oxygen atoms in total. The summed E-state index contributed by atoms with van der Waals surface area (Å²) in [4.78, 5) is 44.1. The molecule has 0 atom stereocenters. The SMILES string of the molecule is COc1cc(NS(=O)(=O)c2ccc(NC(=O)c3cc([N+](=O)[O-])c(N4CCOCC4)c([N+](=O)[O-])c3)cc2)nc(OC)n1. The van der Waals surface area contributed by atoms with Crippen LogP contribution in [0.1, 0.15) is 10.4 Å². The largest absolute Gasteiger partial charge is 0.481 e. The van der Waals surface area contributed by atoms with E-state index >= 15 is 0 Å². The van der Waals surface area contributed by atoms with E-state index in [4.69, 9.17) is 14.2 Å². The first kappa shape index (κ1) is 28.9. The lowest BCUT2D eigenvalue weighted by Crippen LogP contribution is -2.37. The van der Waals surface area contributed by atoms with Crippen LogP contribution in [0.3, 0.4) is 0 Å². The van der Waals surface area contributed by atoms with Gasteiger partial charge in [0.15, 0.2) is 11.5 Å². The number of amides is 1. The highest BCUT2D eigenvalue weighted by atomic mass is 32.2. The van der Waals surface area contributed by atoms with Crippen molar-refractivity contribution in [3.63, 3.8) is 0 Å². The zero-order valence-electron chi connectivity index (χ0n) is 21.6. The Morgan fingerprint density at radius 3 is 2.12 bits per heavy atom. The van der Waals surface area contributed by atoms with E-state index in [2.05, 4.69) is 20.0 Å². The van der Waals surface area contributed by atoms with Crippen LogP contribution < -0.4 is 24.4 Å². The van der Waals surface area contributed by atoms with Gasteiger partial charge in [0.25, 0.3) is 27.3 Å². The van der Waals surface area contributed by atoms with Crippen molar-refractivity contribution in [1.82, 2.24) is 9.97 Å². The number of nitrogens with one attached hydrogen (secondary N) is 2. The summed E-state index contributed by atoms with van der Waals surface area (Å²) in [6.07, 6.45) is 0. The molecular weight excluding hydrogens is 566 g/mol. The fourth-order valence-electron chi connectivity index (χ4n) is 3.89. The molecule has 2 heterocycles. The maximum atomic E-state index is 12.9. The molecule has 0 radical (unpaired) electrons. The average Bonchev–Trinajstić information content (AvgIpc) is 2.96. The molecule has 3 aromatic rings. The summed E-state index contributed by atoms with van der Waals surface area (Å²) < 4.78 is 43.1. The van der Waals surface area contributed by atoms with Crippen LogP contribution in [0.5, 0.6) is 11.9 Å². The molecular formula is C23H23N7O10S. The zero-order chi connectivity index (χ0) is 29.7. The lowest BCUT2D eigenvalue weighted by Gasteiger charge is -2.28. The standard InChI is InChI=1S/C23H23N7O10S/c1-38-20-13-19(25-23(26-20)39-2)27-41(36,37)16-5-3-15(4-6-16)24-22(31)14-11-17(29(32)33)21(18(12-14)30(34)35)28-7-9-40-10-8-28/h3-6,11-13H,7-10H2,1-2H3,(H,24,31)(H,25,26,27). The van der Waals surface area contributed by atoms with Crippen molar-refractivity contribution in [3.8, 4) is 11.9 Å². The van der Waals surface area contributed by atoms with Crippen LogP contribution >= 0.6 is 0 Å². The molecule has 216 valence electrons. The Labute approximate surface area is 232 Å². The van der Waals surface area contributed by atoms with Gasteiger partial charge in [0.2, 0.25) is 5.88 Å². The summed E-state index contributed by atoms with van der Waals surface area (Å²) in [5, 5.41) is 26.1. The van der Waals surface area contributed by atoms with Gasteiger partial charge in [-0.25, -0.2) is 8.42 Å². The molecule has 1 saturated heterocycles. The quantitative estimate of drug-likeness (QED) is 0.256. The lowest BCUT2D eigenvalue weighted by molar-refractivity contribution is -0.392. The molecule has 1 fully saturated rings. The van der Waals surface area contributed by atoms with E-state index in [0.29, 0.717) is 0 Å². The Balaban J connectivity index is 1.56. The second-order valence-electron chi connectivity index (χ2n) is 8.34. The fourth-order valence-corrected chi connectivity index (χ4v) is 4.89. The van der Waals surface area contributed by atoms with Crippen molar-refractivity contribution in [2.24, 2.45) is 0 Å². The van der Waals surface area contributed by atoms with Crippen molar-refractivity contribution in [1.29, 1.82) is 0 Å². The van der Waals surface area contributed by atoms with Crippen LogP contribution in [0.4, 0.5) is 28.6 Å². The van der Waals surface area contributed by atoms with Crippen molar-refractivity contribution in [2.75, 3.05) is 55.5 Å². The molecule has 1 aliphatic heterocycles. The van der Waals surface area contributed by atoms with E-state index in [0.717, 1.165) is 12.1 Å². The number of nitrogens with zero attached hydrogens (tertiary/aromatic N) is 5. The number of nitro benzene ring substituents is 2. The molecule has 0 bridgehead atoms. The van der Waals surface area contributed by atoms with E-state index in [1.54, 1.807) is 0 Å². The minimum absolute atomic E-state index is 0.0612. The number of nitro groups is 2. The van der Waals surface area contributed by atoms with Crippen molar-refractivity contribution in [2.45, 2.75) is 4.90 Å². The predicted molar refractivity (Wildman–Crippen MR) is 143 cm³/mol. The topological polar surface area (TPSA) is 218 Å². The molecule has 2 N–H and O–H groups in total. The normalized spacial score (nSPS) is 13.3. The molecule has 41 heavy (non-hydrogen) atoms. The number of sulfonamides is 1. The second kappa shape index (κ2) is 12.0. The number of carbonyl (C=O) groups is 1. The summed E-state index contributed by atoms with van der Waals surface area (Å²) in [5.41, 5.74) is -1.61. The van der Waals surface area contributed by atoms with E-state index in [9.17, 15) is 33.4 Å². The third-order valence-corrected chi connectivity index (χ3v) is 7.16. The van der Waals surface area contributed by atoms with Crippen LogP contribution in [-0.2, 0) is 14.8 Å². The van der Waals surface area contributed by atoms with Crippen molar-refractivity contribution < 1.29 is 37.3 Å². The Morgan fingerprint density at radius 2 is 1.59 bits per heavy atom. The van der Waals surface area contributed by atoms with E-state index in [1.807, 2.05) is 0 Å². The zero-order valence-corrected chi connectivity index (χ0v) is 22.4. The molecule has 0 saturated carbocycles. The molecule has 0 spiro atoms. The predicted octanol–water partition coefficient (Wildman–Crippen LogP) is 2.20. The fraction of sp³-hybridized carbons (Fsp3) is 0.261. The Morgan fingerprint density at radius 1 is 0.976 bits per heavy atom. The first-order valence-corrected chi connectivity index (χ1v) is 13.2. The molecule has 0 aliphatic carbocycles. The van der Waals surface area contributed by atoms with Gasteiger partial charge in [-0.15, -0.1) is 0 Å². The van der Waals surface area contributed by atoms with Crippen molar-refractivity contribution in [3.05, 3.63) is 68.3 Å². The molecule has 2 aromatic carbocycles. The first-order valence-electron chi connectivity index (χ1n) is 11.7. The van der Waals surface area contributed by atoms with Gasteiger partial charge in [0, 0.05) is 37.0 Å². The number of hydrogen-bond donors (Lipinski definition) is 2. The third kappa shape index (κ3) is 6.56. The van der Waals surface area contributed by atoms with Crippen LogP contribution in [-0.4, -0.2) is 74.7 Å². The number of ether oxygens (including phenoxy) is 3. The number of benzene rings is 2. The van der Waals surface area contributed by atoms with Crippen LogP contribution in [0.2, 0.25) is 0 Å². The van der Waals surface area contributed by atoms with Crippen LogP contribution in [0.15, 0.2) is 47.4 Å². The van der Waals surface area contributed by atoms with Gasteiger partial charge in [0.05, 0.1) is 47.7 Å². The number of carbonyl (C=O) groups excluding carboxylic acids is 1. The monoisotopic (exact) mass is 589 g/mol. The van der Waals surface area contributed by atoms with Gasteiger partial charge in [0.1, 0.15) is 0 Å². The number of methoxy groups -OCH3 is 2. The highest BCUT2D eigenvalue weighted by molar-refractivity contribution is 7.92. The summed E-state index contributed by atoms with van der Waals surface area (Å²) in [7, 11) is -1.50. The number of aromatic nitrogens is 2. The van der Waals surface area contributed by atoms with Gasteiger partial charge in [-0.05, 0) is 24.3 Å². The van der Waals surface area contributed by atoms with Gasteiger partial charge < -0.3 is 24.4 Å². The average molecular weight is 590 g/mol. The minimum atomic E-state index is -4.13. The summed E-state index contributed by atoms with van der Waals surface area (Å²) >= 11 is 0. The van der Waals surface area contributed by atoms with E-state index < -0.39 is 37.2 Å². The van der Waals surface area contributed by atoms with Crippen LogP contribution in [0, 0.1) is 20.2 Å². The van der Waals surface area contributed by atoms with E-state index in [-0.39, 0.29) is 65.8 Å². The summed E-state index contributed by atoms with van der Waals surface area (Å²) in [5.74, 6) is -0.931. The number of anilines is 3. The lowest BCUT2D eigenvalue weighted by atomic mass is 10.1. The minimum Gasteiger partial charge on any atom is -0.481 e. The Hall–Kier alpha value is -5.10. The molecule has 4 rings (SSSR count). The highest BCUT2D eigenvalue weighted by Crippen LogP contribution is 2.39. The molecule has 1 aliphatic rings. The smallest absolute Gasteiger partial charge is 0.321 e. The van der Waals surface area contributed by atoms with Gasteiger partial charge in [-0.3, -0.25) is 29.7 Å². The number of hydrogen-bond acceptors (Lipinski definition) is 13. The summed E-state index contributed by atoms with van der Waals surface area (Å²) in [6.45, 7) is 0.879. The molecule has 0 unspecified atom stereocenters.